The third-order valence-corrected chi connectivity index (χ3v) is 8.85. The molecule has 4 aliphatic rings. The van der Waals surface area contributed by atoms with E-state index in [0.29, 0.717) is 24.2 Å². The lowest BCUT2D eigenvalue weighted by molar-refractivity contribution is -0.228. The van der Waals surface area contributed by atoms with Crippen LogP contribution in [0.5, 0.6) is 0 Å². The number of fused-ring (bicyclic) bond motifs is 4. The first-order valence-corrected chi connectivity index (χ1v) is 11.6. The van der Waals surface area contributed by atoms with Crippen molar-refractivity contribution in [2.75, 3.05) is 26.7 Å². The number of hydrogen-bond acceptors (Lipinski definition) is 8. The number of carbonyl (C=O) groups is 1. The maximum absolute atomic E-state index is 12.7. The van der Waals surface area contributed by atoms with Crippen molar-refractivity contribution in [2.24, 2.45) is 0 Å². The molecule has 6 heterocycles. The van der Waals surface area contributed by atoms with Crippen LogP contribution in [0.1, 0.15) is 44.2 Å². The van der Waals surface area contributed by atoms with Gasteiger partial charge in [0.1, 0.15) is 27.9 Å². The van der Waals surface area contributed by atoms with Gasteiger partial charge in [0.05, 0.1) is 11.0 Å². The number of nitrogens with zero attached hydrogens (tertiary/aromatic N) is 5. The number of nitrogens with one attached hydrogen (secondary N) is 1. The van der Waals surface area contributed by atoms with Crippen molar-refractivity contribution in [1.82, 2.24) is 30.1 Å². The van der Waals surface area contributed by atoms with E-state index in [0.717, 1.165) is 50.0 Å². The number of piperazine rings is 1. The van der Waals surface area contributed by atoms with Crippen LogP contribution in [-0.2, 0) is 10.3 Å². The number of thiazole rings is 1. The summed E-state index contributed by atoms with van der Waals surface area (Å²) >= 11 is 1.46. The van der Waals surface area contributed by atoms with Gasteiger partial charge in [-0.25, -0.2) is 19.7 Å². The van der Waals surface area contributed by atoms with Crippen LogP contribution in [0.15, 0.2) is 11.8 Å². The Balaban J connectivity index is 1.68. The first-order chi connectivity index (χ1) is 14.6. The molecule has 30 heavy (non-hydrogen) atoms. The van der Waals surface area contributed by atoms with Gasteiger partial charge in [-0.3, -0.25) is 15.1 Å². The molecule has 0 spiro atoms. The lowest BCUT2D eigenvalue weighted by atomic mass is 9.66. The van der Waals surface area contributed by atoms with Crippen molar-refractivity contribution in [3.63, 3.8) is 0 Å². The van der Waals surface area contributed by atoms with E-state index in [1.165, 1.54) is 11.3 Å². The summed E-state index contributed by atoms with van der Waals surface area (Å²) in [6, 6.07) is -0.109. The number of carboxylic acid groups (broad SMARTS) is 1. The Morgan fingerprint density at radius 3 is 2.80 bits per heavy atom. The van der Waals surface area contributed by atoms with Crippen LogP contribution in [0.25, 0.3) is 10.3 Å². The maximum Gasteiger partial charge on any atom is 0.408 e. The van der Waals surface area contributed by atoms with E-state index < -0.39 is 17.4 Å². The Morgan fingerprint density at radius 1 is 1.27 bits per heavy atom. The number of ether oxygens (including phenoxy) is 1. The highest BCUT2D eigenvalue weighted by Gasteiger charge is 2.76. The molecule has 0 saturated carbocycles. The molecule has 9 nitrogen and oxygen atoms in total. The molecule has 4 saturated heterocycles. The smallest absolute Gasteiger partial charge is 0.408 e. The van der Waals surface area contributed by atoms with Crippen molar-refractivity contribution in [1.29, 1.82) is 0 Å². The van der Waals surface area contributed by atoms with Gasteiger partial charge in [-0.15, -0.1) is 11.3 Å². The molecule has 1 amide bonds. The average molecular weight is 431 g/mol. The summed E-state index contributed by atoms with van der Waals surface area (Å²) in [5, 5.41) is 14.2. The molecule has 3 unspecified atom stereocenters. The molecule has 0 aliphatic carbocycles. The molecule has 160 valence electrons. The molecule has 2 aromatic heterocycles. The standard InChI is InChI=1S/C20H26N6O3S/c1-29-20(18-5-2-8-25(18)9-3-6-18)19(7-4-13(10-24-20)26(19)17(27)28)15-14-16(22-11-21-15)30-12-23-14/h11-13,24H,2-10H2,1H3,(H,27,28). The van der Waals surface area contributed by atoms with E-state index in [9.17, 15) is 9.90 Å². The zero-order chi connectivity index (χ0) is 20.6. The van der Waals surface area contributed by atoms with Crippen LogP contribution in [-0.4, -0.2) is 80.0 Å². The summed E-state index contributed by atoms with van der Waals surface area (Å²) in [6.45, 7) is 2.63. The predicted octanol–water partition coefficient (Wildman–Crippen LogP) is 2.00. The van der Waals surface area contributed by atoms with Gasteiger partial charge < -0.3 is 9.84 Å². The summed E-state index contributed by atoms with van der Waals surface area (Å²) < 4.78 is 6.52. The Hall–Kier alpha value is -1.88. The minimum atomic E-state index is -0.960. The highest BCUT2D eigenvalue weighted by Crippen LogP contribution is 2.61. The van der Waals surface area contributed by atoms with E-state index in [1.807, 2.05) is 0 Å². The Morgan fingerprint density at radius 2 is 2.07 bits per heavy atom. The van der Waals surface area contributed by atoms with Gasteiger partial charge in [0.25, 0.3) is 0 Å². The highest BCUT2D eigenvalue weighted by atomic mass is 32.1. The van der Waals surface area contributed by atoms with Gasteiger partial charge in [-0.1, -0.05) is 0 Å². The molecule has 4 aliphatic heterocycles. The molecule has 0 radical (unpaired) electrons. The fraction of sp³-hybridized carbons (Fsp3) is 0.700. The number of hydrogen-bond donors (Lipinski definition) is 2. The Bertz CT molecular complexity index is 1010. The van der Waals surface area contributed by atoms with Gasteiger partial charge in [0.15, 0.2) is 5.72 Å². The lowest BCUT2D eigenvalue weighted by Gasteiger charge is -2.62. The summed E-state index contributed by atoms with van der Waals surface area (Å²) in [6.07, 6.45) is 6.22. The fourth-order valence-electron chi connectivity index (χ4n) is 7.26. The SMILES string of the molecule is COC1(C23CCCN2CCC3)NCC2CCC1(c1ncnc3scnc13)N2C(=O)O. The fourth-order valence-corrected chi connectivity index (χ4v) is 7.89. The normalized spacial score (nSPS) is 35.2. The highest BCUT2D eigenvalue weighted by molar-refractivity contribution is 7.16. The van der Waals surface area contributed by atoms with Crippen LogP contribution in [0.3, 0.4) is 0 Å². The summed E-state index contributed by atoms with van der Waals surface area (Å²) in [5.41, 5.74) is 1.01. The predicted molar refractivity (Wildman–Crippen MR) is 110 cm³/mol. The zero-order valence-electron chi connectivity index (χ0n) is 17.0. The van der Waals surface area contributed by atoms with Crippen LogP contribution >= 0.6 is 11.3 Å². The second-order valence-electron chi connectivity index (χ2n) is 8.93. The van der Waals surface area contributed by atoms with Gasteiger partial charge in [-0.2, -0.15) is 0 Å². The van der Waals surface area contributed by atoms with Gasteiger partial charge in [0, 0.05) is 19.7 Å². The molecule has 10 heteroatoms. The second-order valence-corrected chi connectivity index (χ2v) is 9.76. The van der Waals surface area contributed by atoms with Crippen molar-refractivity contribution in [3.8, 4) is 0 Å². The monoisotopic (exact) mass is 430 g/mol. The van der Waals surface area contributed by atoms with Gasteiger partial charge in [-0.05, 0) is 51.6 Å². The summed E-state index contributed by atoms with van der Waals surface area (Å²) in [4.78, 5) is 31.4. The average Bonchev–Trinajstić information content (AvgIpc) is 3.50. The molecular formula is C20H26N6O3S. The summed E-state index contributed by atoms with van der Waals surface area (Å²) in [7, 11) is 1.73. The molecule has 3 atom stereocenters. The van der Waals surface area contributed by atoms with E-state index in [4.69, 9.17) is 9.72 Å². The maximum atomic E-state index is 12.7. The van der Waals surface area contributed by atoms with E-state index in [2.05, 4.69) is 20.2 Å². The number of amides is 1. The Kier molecular flexibility index (Phi) is 3.97. The van der Waals surface area contributed by atoms with Crippen LogP contribution in [0.2, 0.25) is 0 Å². The molecule has 2 bridgehead atoms. The van der Waals surface area contributed by atoms with Crippen LogP contribution < -0.4 is 5.32 Å². The van der Waals surface area contributed by atoms with E-state index >= 15 is 0 Å². The first kappa shape index (κ1) is 18.9. The number of aromatic nitrogens is 3. The molecule has 2 aromatic rings. The largest absolute Gasteiger partial charge is 0.465 e. The lowest BCUT2D eigenvalue weighted by Crippen LogP contribution is -2.82. The number of methoxy groups -OCH3 is 1. The number of rotatable bonds is 3. The van der Waals surface area contributed by atoms with Crippen molar-refractivity contribution < 1.29 is 14.6 Å². The Labute approximate surface area is 178 Å². The van der Waals surface area contributed by atoms with E-state index in [-0.39, 0.29) is 11.6 Å². The first-order valence-electron chi connectivity index (χ1n) is 10.7. The zero-order valence-corrected chi connectivity index (χ0v) is 17.8. The van der Waals surface area contributed by atoms with Gasteiger partial charge >= 0.3 is 6.09 Å². The van der Waals surface area contributed by atoms with Crippen molar-refractivity contribution in [2.45, 2.75) is 61.4 Å². The molecule has 6 rings (SSSR count). The summed E-state index contributed by atoms with van der Waals surface area (Å²) in [5.74, 6) is 0. The minimum absolute atomic E-state index is 0.109. The minimum Gasteiger partial charge on any atom is -0.465 e. The van der Waals surface area contributed by atoms with Crippen molar-refractivity contribution in [3.05, 3.63) is 17.5 Å². The molecule has 4 fully saturated rings. The third-order valence-electron chi connectivity index (χ3n) is 8.12. The topological polar surface area (TPSA) is 104 Å². The van der Waals surface area contributed by atoms with Crippen molar-refractivity contribution >= 4 is 27.8 Å². The van der Waals surface area contributed by atoms with E-state index in [1.54, 1.807) is 23.8 Å². The third kappa shape index (κ3) is 1.99. The molecular weight excluding hydrogens is 404 g/mol. The van der Waals surface area contributed by atoms with Gasteiger partial charge in [0.2, 0.25) is 0 Å². The quantitative estimate of drug-likeness (QED) is 0.762. The van der Waals surface area contributed by atoms with Crippen LogP contribution in [0, 0.1) is 0 Å². The molecule has 0 aromatic carbocycles. The molecule has 2 N–H and O–H groups in total. The van der Waals surface area contributed by atoms with Crippen LogP contribution in [0.4, 0.5) is 4.79 Å². The second kappa shape index (κ2) is 6.32.